The molecule has 0 fully saturated rings. The van der Waals surface area contributed by atoms with E-state index in [-0.39, 0.29) is 0 Å². The van der Waals surface area contributed by atoms with Crippen molar-refractivity contribution in [2.75, 3.05) is 11.9 Å². The van der Waals surface area contributed by atoms with Gasteiger partial charge in [-0.2, -0.15) is 0 Å². The molecule has 0 radical (unpaired) electrons. The van der Waals surface area contributed by atoms with Crippen molar-refractivity contribution in [3.63, 3.8) is 0 Å². The maximum Gasteiger partial charge on any atom is 0.146 e. The van der Waals surface area contributed by atoms with Gasteiger partial charge in [0.05, 0.1) is 10.6 Å². The van der Waals surface area contributed by atoms with E-state index < -0.39 is 0 Å². The third-order valence-corrected chi connectivity index (χ3v) is 4.61. The van der Waals surface area contributed by atoms with Crippen LogP contribution in [0.5, 0.6) is 0 Å². The molecular weight excluding hydrogens is 364 g/mol. The summed E-state index contributed by atoms with van der Waals surface area (Å²) >= 11 is 8.72. The number of nitrogens with zero attached hydrogens (tertiary/aromatic N) is 2. The van der Waals surface area contributed by atoms with E-state index in [1.807, 2.05) is 13.2 Å². The van der Waals surface area contributed by atoms with Crippen molar-refractivity contribution in [3.8, 4) is 0 Å². The molecule has 5 heteroatoms. The predicted molar refractivity (Wildman–Crippen MR) is 78.3 cm³/mol. The maximum absolute atomic E-state index is 4.47. The summed E-state index contributed by atoms with van der Waals surface area (Å²) in [6.45, 7) is 0. The Morgan fingerprint density at radius 1 is 1.12 bits per heavy atom. The van der Waals surface area contributed by atoms with E-state index in [0.717, 1.165) is 14.8 Å². The lowest BCUT2D eigenvalue weighted by atomic mass is 10.3. The number of pyridine rings is 1. The van der Waals surface area contributed by atoms with Crippen LogP contribution in [0.4, 0.5) is 11.5 Å². The Hall–Kier alpha value is -0.520. The van der Waals surface area contributed by atoms with Crippen LogP contribution in [0.15, 0.2) is 49.2 Å². The molecule has 0 N–H and O–H groups in total. The lowest BCUT2D eigenvalue weighted by molar-refractivity contribution is 1.04. The number of rotatable bonds is 0. The molecule has 0 saturated carbocycles. The number of fused-ring (bicyclic) bond motifs is 2. The zero-order chi connectivity index (χ0) is 12.0. The summed E-state index contributed by atoms with van der Waals surface area (Å²) in [6.07, 6.45) is 1.83. The second kappa shape index (κ2) is 4.30. The zero-order valence-electron chi connectivity index (χ0n) is 8.95. The Labute approximate surface area is 121 Å². The summed E-state index contributed by atoms with van der Waals surface area (Å²) in [4.78, 5) is 9.01. The van der Waals surface area contributed by atoms with Crippen LogP contribution < -0.4 is 4.90 Å². The molecule has 2 aromatic rings. The fraction of sp³-hybridized carbons (Fsp3) is 0.0833. The van der Waals surface area contributed by atoms with Gasteiger partial charge in [-0.3, -0.25) is 0 Å². The summed E-state index contributed by atoms with van der Waals surface area (Å²) in [5, 5.41) is 0. The Kier molecular flexibility index (Phi) is 2.92. The number of aromatic nitrogens is 1. The number of benzene rings is 1. The minimum absolute atomic E-state index is 1.01. The van der Waals surface area contributed by atoms with Crippen LogP contribution in [-0.4, -0.2) is 12.0 Å². The lowest BCUT2D eigenvalue weighted by Crippen LogP contribution is -2.16. The topological polar surface area (TPSA) is 16.1 Å². The molecule has 0 saturated heterocycles. The quantitative estimate of drug-likeness (QED) is 0.659. The molecule has 0 atom stereocenters. The summed E-state index contributed by atoms with van der Waals surface area (Å²) in [6, 6.07) is 8.41. The van der Waals surface area contributed by atoms with Crippen LogP contribution >= 0.6 is 43.6 Å². The number of hydrogen-bond donors (Lipinski definition) is 0. The molecule has 1 aromatic carbocycles. The van der Waals surface area contributed by atoms with E-state index in [9.17, 15) is 0 Å². The summed E-state index contributed by atoms with van der Waals surface area (Å²) < 4.78 is 2.11. The summed E-state index contributed by atoms with van der Waals surface area (Å²) in [5.74, 6) is 1.01. The molecule has 0 spiro atoms. The molecule has 0 amide bonds. The SMILES string of the molecule is CN1c2ccc(Br)cc2Sc2cc(Br)cnc21. The van der Waals surface area contributed by atoms with Crippen LogP contribution in [0.3, 0.4) is 0 Å². The van der Waals surface area contributed by atoms with Gasteiger partial charge in [-0.1, -0.05) is 27.7 Å². The van der Waals surface area contributed by atoms with Crippen LogP contribution in [0, 0.1) is 0 Å². The molecule has 0 aliphatic carbocycles. The summed E-state index contributed by atoms with van der Waals surface area (Å²) in [7, 11) is 2.05. The first-order valence-corrected chi connectivity index (χ1v) is 7.42. The molecule has 2 heterocycles. The molecule has 0 unspecified atom stereocenters. The monoisotopic (exact) mass is 370 g/mol. The van der Waals surface area contributed by atoms with Crippen molar-refractivity contribution in [3.05, 3.63) is 39.4 Å². The highest BCUT2D eigenvalue weighted by Gasteiger charge is 2.21. The average molecular weight is 372 g/mol. The number of anilines is 2. The van der Waals surface area contributed by atoms with Crippen molar-refractivity contribution >= 4 is 55.1 Å². The second-order valence-corrected chi connectivity index (χ2v) is 6.66. The van der Waals surface area contributed by atoms with Gasteiger partial charge in [0.15, 0.2) is 0 Å². The predicted octanol–water partition coefficient (Wildman–Crippen LogP) is 4.84. The molecule has 17 heavy (non-hydrogen) atoms. The minimum atomic E-state index is 1.01. The molecule has 2 nitrogen and oxygen atoms in total. The van der Waals surface area contributed by atoms with Crippen molar-refractivity contribution in [2.45, 2.75) is 9.79 Å². The van der Waals surface area contributed by atoms with Crippen LogP contribution in [0.2, 0.25) is 0 Å². The molecule has 1 aromatic heterocycles. The smallest absolute Gasteiger partial charge is 0.146 e. The van der Waals surface area contributed by atoms with Crippen LogP contribution in [0.1, 0.15) is 0 Å². The van der Waals surface area contributed by atoms with Gasteiger partial charge in [0, 0.05) is 27.1 Å². The second-order valence-electron chi connectivity index (χ2n) is 3.75. The summed E-state index contributed by atoms with van der Waals surface area (Å²) in [5.41, 5.74) is 1.19. The van der Waals surface area contributed by atoms with Gasteiger partial charge in [0.1, 0.15) is 5.82 Å². The van der Waals surface area contributed by atoms with Crippen LogP contribution in [-0.2, 0) is 0 Å². The Morgan fingerprint density at radius 2 is 1.88 bits per heavy atom. The van der Waals surface area contributed by atoms with E-state index in [1.54, 1.807) is 11.8 Å². The normalized spacial score (nSPS) is 13.2. The Balaban J connectivity index is 2.17. The fourth-order valence-corrected chi connectivity index (χ4v) is 4.01. The zero-order valence-corrected chi connectivity index (χ0v) is 12.9. The Morgan fingerprint density at radius 3 is 2.71 bits per heavy atom. The van der Waals surface area contributed by atoms with Gasteiger partial charge in [0.2, 0.25) is 0 Å². The van der Waals surface area contributed by atoms with E-state index in [1.165, 1.54) is 15.5 Å². The first kappa shape index (κ1) is 11.6. The van der Waals surface area contributed by atoms with Gasteiger partial charge in [-0.25, -0.2) is 4.98 Å². The third kappa shape index (κ3) is 2.00. The highest BCUT2D eigenvalue weighted by Crippen LogP contribution is 2.47. The first-order chi connectivity index (χ1) is 8.15. The van der Waals surface area contributed by atoms with Crippen molar-refractivity contribution in [1.29, 1.82) is 0 Å². The minimum Gasteiger partial charge on any atom is -0.328 e. The molecule has 1 aliphatic rings. The highest BCUT2D eigenvalue weighted by molar-refractivity contribution is 9.10. The highest BCUT2D eigenvalue weighted by atomic mass is 79.9. The standard InChI is InChI=1S/C12H8Br2N2S/c1-16-9-3-2-7(13)4-10(9)17-11-5-8(14)6-15-12(11)16/h2-6H,1H3. The number of halogens is 2. The van der Waals surface area contributed by atoms with Gasteiger partial charge in [-0.15, -0.1) is 0 Å². The molecule has 3 rings (SSSR count). The van der Waals surface area contributed by atoms with Gasteiger partial charge in [0.25, 0.3) is 0 Å². The van der Waals surface area contributed by atoms with Gasteiger partial charge in [-0.05, 0) is 40.2 Å². The largest absolute Gasteiger partial charge is 0.328 e. The van der Waals surface area contributed by atoms with Crippen molar-refractivity contribution < 1.29 is 0 Å². The third-order valence-electron chi connectivity index (χ3n) is 2.62. The maximum atomic E-state index is 4.47. The molecule has 1 aliphatic heterocycles. The number of hydrogen-bond acceptors (Lipinski definition) is 3. The average Bonchev–Trinajstić information content (AvgIpc) is 2.28. The molecule has 86 valence electrons. The fourth-order valence-electron chi connectivity index (χ4n) is 1.82. The van der Waals surface area contributed by atoms with Gasteiger partial charge < -0.3 is 4.90 Å². The molecular formula is C12H8Br2N2S. The van der Waals surface area contributed by atoms with Gasteiger partial charge >= 0.3 is 0 Å². The van der Waals surface area contributed by atoms with Crippen LogP contribution in [0.25, 0.3) is 0 Å². The Bertz CT molecular complexity index is 550. The van der Waals surface area contributed by atoms with Crippen molar-refractivity contribution in [2.24, 2.45) is 0 Å². The lowest BCUT2D eigenvalue weighted by Gasteiger charge is -2.28. The van der Waals surface area contributed by atoms with E-state index in [2.05, 4.69) is 66.0 Å². The van der Waals surface area contributed by atoms with E-state index >= 15 is 0 Å². The molecule has 0 bridgehead atoms. The van der Waals surface area contributed by atoms with E-state index in [0.29, 0.717) is 0 Å². The first-order valence-electron chi connectivity index (χ1n) is 5.02. The van der Waals surface area contributed by atoms with E-state index in [4.69, 9.17) is 0 Å². The van der Waals surface area contributed by atoms with Crippen molar-refractivity contribution in [1.82, 2.24) is 4.98 Å².